The van der Waals surface area contributed by atoms with Gasteiger partial charge in [0.15, 0.2) is 0 Å². The van der Waals surface area contributed by atoms with Crippen molar-refractivity contribution in [3.05, 3.63) is 0 Å². The monoisotopic (exact) mass is 390 g/mol. The standard InChI is InChI=1S/C22H46OS2/c1-5-9-11-13-15-17-19-24-21(7-3)23-22(8-4)25-20-18-16-14-12-10-6-2/h21-22H,5-20H2,1-4H3. The van der Waals surface area contributed by atoms with E-state index in [1.807, 2.05) is 23.5 Å². The molecule has 0 bridgehead atoms. The molecule has 0 N–H and O–H groups in total. The molecule has 2 unspecified atom stereocenters. The molecule has 2 atom stereocenters. The highest BCUT2D eigenvalue weighted by molar-refractivity contribution is 8.00. The van der Waals surface area contributed by atoms with E-state index in [1.165, 1.54) is 88.6 Å². The average Bonchev–Trinajstić information content (AvgIpc) is 2.64. The van der Waals surface area contributed by atoms with Crippen molar-refractivity contribution in [1.29, 1.82) is 0 Å². The Morgan fingerprint density at radius 1 is 0.520 bits per heavy atom. The first-order valence-electron chi connectivity index (χ1n) is 11.2. The molecule has 0 aliphatic heterocycles. The van der Waals surface area contributed by atoms with Crippen LogP contribution < -0.4 is 0 Å². The molecule has 0 aromatic rings. The Balaban J connectivity index is 3.67. The van der Waals surface area contributed by atoms with Crippen LogP contribution in [0.25, 0.3) is 0 Å². The molecule has 1 nitrogen and oxygen atoms in total. The second-order valence-corrected chi connectivity index (χ2v) is 9.62. The Hall–Kier alpha value is 0.660. The Kier molecular flexibility index (Phi) is 21.5. The zero-order valence-corrected chi connectivity index (χ0v) is 19.3. The van der Waals surface area contributed by atoms with Gasteiger partial charge < -0.3 is 4.74 Å². The number of unbranched alkanes of at least 4 members (excludes halogenated alkanes) is 10. The van der Waals surface area contributed by atoms with E-state index in [9.17, 15) is 0 Å². The lowest BCUT2D eigenvalue weighted by Gasteiger charge is -2.22. The fraction of sp³-hybridized carbons (Fsp3) is 1.00. The molecule has 3 heteroatoms. The fourth-order valence-corrected chi connectivity index (χ4v) is 5.10. The van der Waals surface area contributed by atoms with Crippen LogP contribution in [0.3, 0.4) is 0 Å². The molecule has 0 amide bonds. The van der Waals surface area contributed by atoms with Crippen molar-refractivity contribution in [3.63, 3.8) is 0 Å². The summed E-state index contributed by atoms with van der Waals surface area (Å²) in [4.78, 5) is 0. The van der Waals surface area contributed by atoms with Gasteiger partial charge in [-0.15, -0.1) is 23.5 Å². The van der Waals surface area contributed by atoms with E-state index in [0.717, 1.165) is 12.8 Å². The average molecular weight is 391 g/mol. The number of rotatable bonds is 20. The maximum atomic E-state index is 6.37. The molecule has 0 rings (SSSR count). The minimum atomic E-state index is 0.401. The Bertz CT molecular complexity index is 224. The molecule has 152 valence electrons. The number of hydrogen-bond acceptors (Lipinski definition) is 3. The van der Waals surface area contributed by atoms with E-state index in [0.29, 0.717) is 10.9 Å². The third-order valence-corrected chi connectivity index (χ3v) is 7.25. The predicted molar refractivity (Wildman–Crippen MR) is 121 cm³/mol. The van der Waals surface area contributed by atoms with Crippen LogP contribution in [0, 0.1) is 0 Å². The normalized spacial score (nSPS) is 13.9. The highest BCUT2D eigenvalue weighted by Gasteiger charge is 2.14. The summed E-state index contributed by atoms with van der Waals surface area (Å²) in [6.07, 6.45) is 18.9. The second kappa shape index (κ2) is 21.0. The molecule has 0 saturated carbocycles. The maximum Gasteiger partial charge on any atom is 0.104 e. The smallest absolute Gasteiger partial charge is 0.104 e. The van der Waals surface area contributed by atoms with Crippen LogP contribution in [0.15, 0.2) is 0 Å². The first-order chi connectivity index (χ1) is 12.3. The van der Waals surface area contributed by atoms with Gasteiger partial charge in [-0.1, -0.05) is 91.9 Å². The van der Waals surface area contributed by atoms with Crippen molar-refractivity contribution < 1.29 is 4.74 Å². The van der Waals surface area contributed by atoms with Crippen molar-refractivity contribution in [2.45, 2.75) is 128 Å². The van der Waals surface area contributed by atoms with E-state index < -0.39 is 0 Å². The molecule has 0 aliphatic carbocycles. The highest BCUT2D eigenvalue weighted by atomic mass is 32.2. The Labute approximate surface area is 168 Å². The summed E-state index contributed by atoms with van der Waals surface area (Å²) in [6, 6.07) is 0. The lowest BCUT2D eigenvalue weighted by molar-refractivity contribution is 0.0873. The van der Waals surface area contributed by atoms with E-state index in [-0.39, 0.29) is 0 Å². The Morgan fingerprint density at radius 2 is 0.880 bits per heavy atom. The van der Waals surface area contributed by atoms with Crippen molar-refractivity contribution in [3.8, 4) is 0 Å². The van der Waals surface area contributed by atoms with E-state index in [4.69, 9.17) is 4.74 Å². The van der Waals surface area contributed by atoms with Gasteiger partial charge >= 0.3 is 0 Å². The summed E-state index contributed by atoms with van der Waals surface area (Å²) in [5.41, 5.74) is 0.801. The summed E-state index contributed by atoms with van der Waals surface area (Å²) in [6.45, 7) is 9.11. The van der Waals surface area contributed by atoms with Crippen LogP contribution in [0.5, 0.6) is 0 Å². The number of thioether (sulfide) groups is 2. The van der Waals surface area contributed by atoms with E-state index in [1.54, 1.807) is 0 Å². The van der Waals surface area contributed by atoms with Crippen LogP contribution in [0.1, 0.15) is 118 Å². The SMILES string of the molecule is CCCCCCCCSC(CC)OC(CC)SCCCCCCCC. The third kappa shape index (κ3) is 17.8. The minimum absolute atomic E-state index is 0.401. The fourth-order valence-electron chi connectivity index (χ4n) is 2.87. The first-order valence-corrected chi connectivity index (χ1v) is 13.3. The summed E-state index contributed by atoms with van der Waals surface area (Å²) in [7, 11) is 0. The molecule has 0 heterocycles. The van der Waals surface area contributed by atoms with Gasteiger partial charge in [0.25, 0.3) is 0 Å². The molecule has 25 heavy (non-hydrogen) atoms. The summed E-state index contributed by atoms with van der Waals surface area (Å²) < 4.78 is 6.37. The van der Waals surface area contributed by atoms with Gasteiger partial charge in [-0.3, -0.25) is 0 Å². The number of hydrogen-bond donors (Lipinski definition) is 0. The van der Waals surface area contributed by atoms with Crippen LogP contribution in [-0.4, -0.2) is 22.4 Å². The van der Waals surface area contributed by atoms with Crippen LogP contribution >= 0.6 is 23.5 Å². The first kappa shape index (κ1) is 25.7. The Morgan fingerprint density at radius 3 is 1.24 bits per heavy atom. The number of ether oxygens (including phenoxy) is 1. The van der Waals surface area contributed by atoms with Gasteiger partial charge in [0, 0.05) is 0 Å². The summed E-state index contributed by atoms with van der Waals surface area (Å²) in [5.74, 6) is 2.53. The van der Waals surface area contributed by atoms with Crippen molar-refractivity contribution >= 4 is 23.5 Å². The van der Waals surface area contributed by atoms with Crippen LogP contribution in [-0.2, 0) is 4.74 Å². The van der Waals surface area contributed by atoms with Crippen LogP contribution in [0.2, 0.25) is 0 Å². The van der Waals surface area contributed by atoms with Crippen molar-refractivity contribution in [2.75, 3.05) is 11.5 Å². The minimum Gasteiger partial charge on any atom is -0.354 e. The zero-order valence-electron chi connectivity index (χ0n) is 17.7. The van der Waals surface area contributed by atoms with Gasteiger partial charge in [0.05, 0.1) is 0 Å². The molecule has 0 aliphatic rings. The summed E-state index contributed by atoms with van der Waals surface area (Å²) >= 11 is 4.09. The molecule has 0 aromatic carbocycles. The molecular formula is C22H46OS2. The zero-order chi connectivity index (χ0) is 18.6. The summed E-state index contributed by atoms with van der Waals surface area (Å²) in [5, 5.41) is 0. The highest BCUT2D eigenvalue weighted by Crippen LogP contribution is 2.26. The maximum absolute atomic E-state index is 6.37. The van der Waals surface area contributed by atoms with Gasteiger partial charge in [-0.05, 0) is 37.2 Å². The lowest BCUT2D eigenvalue weighted by Crippen LogP contribution is -2.17. The third-order valence-electron chi connectivity index (χ3n) is 4.57. The lowest BCUT2D eigenvalue weighted by atomic mass is 10.1. The molecule has 0 fully saturated rings. The van der Waals surface area contributed by atoms with Gasteiger partial charge in [-0.25, -0.2) is 0 Å². The molecule has 0 spiro atoms. The van der Waals surface area contributed by atoms with Gasteiger partial charge in [0.2, 0.25) is 0 Å². The largest absolute Gasteiger partial charge is 0.354 e. The van der Waals surface area contributed by atoms with Gasteiger partial charge in [0.1, 0.15) is 10.9 Å². The molecule has 0 aromatic heterocycles. The predicted octanol–water partition coefficient (Wildman–Crippen LogP) is 8.66. The van der Waals surface area contributed by atoms with Crippen molar-refractivity contribution in [2.24, 2.45) is 0 Å². The van der Waals surface area contributed by atoms with Gasteiger partial charge in [-0.2, -0.15) is 0 Å². The van der Waals surface area contributed by atoms with Crippen molar-refractivity contribution in [1.82, 2.24) is 0 Å². The topological polar surface area (TPSA) is 9.23 Å². The quantitative estimate of drug-likeness (QED) is 0.152. The van der Waals surface area contributed by atoms with E-state index in [2.05, 4.69) is 27.7 Å². The molecule has 0 radical (unpaired) electrons. The van der Waals surface area contributed by atoms with E-state index >= 15 is 0 Å². The molecule has 0 saturated heterocycles. The van der Waals surface area contributed by atoms with Crippen LogP contribution in [0.4, 0.5) is 0 Å². The molecular weight excluding hydrogens is 344 g/mol. The second-order valence-electron chi connectivity index (χ2n) is 7.09.